The van der Waals surface area contributed by atoms with Gasteiger partial charge in [0.2, 0.25) is 15.2 Å². The lowest BCUT2D eigenvalue weighted by Crippen LogP contribution is -2.24. The molecule has 0 fully saturated rings. The number of rotatable bonds is 7. The van der Waals surface area contributed by atoms with E-state index in [-0.39, 0.29) is 0 Å². The standard InChI is InChI=1S/C13H19N5O2S2/c1-10(2)11-4-6-12(7-5-11)18-13(15-16-17-18)21-9-8-14-22(3,19)20/h4-7,10,14H,8-9H2,1-3H3. The van der Waals surface area contributed by atoms with Crippen molar-refractivity contribution in [1.29, 1.82) is 0 Å². The predicted octanol–water partition coefficient (Wildman–Crippen LogP) is 1.43. The quantitative estimate of drug-likeness (QED) is 0.605. The van der Waals surface area contributed by atoms with Gasteiger partial charge in [-0.2, -0.15) is 4.68 Å². The minimum atomic E-state index is -3.16. The molecule has 2 aromatic rings. The molecule has 0 amide bonds. The molecule has 7 nitrogen and oxygen atoms in total. The fourth-order valence-corrected chi connectivity index (χ4v) is 3.15. The van der Waals surface area contributed by atoms with E-state index in [2.05, 4.69) is 46.2 Å². The van der Waals surface area contributed by atoms with Gasteiger partial charge in [-0.15, -0.1) is 5.10 Å². The molecule has 0 atom stereocenters. The monoisotopic (exact) mass is 341 g/mol. The Hall–Kier alpha value is -1.45. The SMILES string of the molecule is CC(C)c1ccc(-n2nnnc2SCCNS(C)(=O)=O)cc1. The maximum atomic E-state index is 11.0. The summed E-state index contributed by atoms with van der Waals surface area (Å²) in [7, 11) is -3.16. The van der Waals surface area contributed by atoms with Crippen molar-refractivity contribution < 1.29 is 8.42 Å². The highest BCUT2D eigenvalue weighted by Gasteiger charge is 2.10. The average molecular weight is 341 g/mol. The van der Waals surface area contributed by atoms with Crippen LogP contribution in [0, 0.1) is 0 Å². The molecular weight excluding hydrogens is 322 g/mol. The summed E-state index contributed by atoms with van der Waals surface area (Å²) in [6, 6.07) is 8.07. The predicted molar refractivity (Wildman–Crippen MR) is 86.8 cm³/mol. The number of sulfonamides is 1. The topological polar surface area (TPSA) is 89.8 Å². The number of aromatic nitrogens is 4. The Balaban J connectivity index is 2.03. The van der Waals surface area contributed by atoms with Crippen molar-refractivity contribution in [3.8, 4) is 5.69 Å². The van der Waals surface area contributed by atoms with Crippen LogP contribution in [0.15, 0.2) is 29.4 Å². The molecule has 2 rings (SSSR count). The highest BCUT2D eigenvalue weighted by atomic mass is 32.2. The first-order valence-electron chi connectivity index (χ1n) is 6.83. The van der Waals surface area contributed by atoms with E-state index in [1.165, 1.54) is 17.3 Å². The zero-order valence-corrected chi connectivity index (χ0v) is 14.4. The molecule has 9 heteroatoms. The van der Waals surface area contributed by atoms with Crippen LogP contribution in [0.3, 0.4) is 0 Å². The lowest BCUT2D eigenvalue weighted by molar-refractivity contribution is 0.590. The molecule has 0 saturated heterocycles. The molecule has 1 aromatic heterocycles. The van der Waals surface area contributed by atoms with E-state index in [1.54, 1.807) is 4.68 Å². The van der Waals surface area contributed by atoms with Gasteiger partial charge in [-0.3, -0.25) is 0 Å². The van der Waals surface area contributed by atoms with Gasteiger partial charge in [0.15, 0.2) is 0 Å². The van der Waals surface area contributed by atoms with Crippen molar-refractivity contribution in [2.24, 2.45) is 0 Å². The first kappa shape index (κ1) is 16.9. The first-order chi connectivity index (χ1) is 10.4. The maximum Gasteiger partial charge on any atom is 0.214 e. The highest BCUT2D eigenvalue weighted by Crippen LogP contribution is 2.20. The molecule has 0 aliphatic heterocycles. The van der Waals surface area contributed by atoms with Crippen molar-refractivity contribution in [2.45, 2.75) is 24.9 Å². The number of thioether (sulfide) groups is 1. The van der Waals surface area contributed by atoms with Crippen LogP contribution < -0.4 is 4.72 Å². The van der Waals surface area contributed by atoms with Crippen LogP contribution in [0.2, 0.25) is 0 Å². The second-order valence-corrected chi connectivity index (χ2v) is 8.03. The minimum absolute atomic E-state index is 0.336. The summed E-state index contributed by atoms with van der Waals surface area (Å²) in [5.41, 5.74) is 2.14. The molecule has 0 unspecified atom stereocenters. The van der Waals surface area contributed by atoms with Gasteiger partial charge in [0, 0.05) is 12.3 Å². The Morgan fingerprint density at radius 2 is 1.95 bits per heavy atom. The van der Waals surface area contributed by atoms with Crippen molar-refractivity contribution in [3.63, 3.8) is 0 Å². The zero-order chi connectivity index (χ0) is 16.2. The molecule has 1 N–H and O–H groups in total. The van der Waals surface area contributed by atoms with E-state index in [0.717, 1.165) is 11.9 Å². The Kier molecular flexibility index (Phi) is 5.54. The van der Waals surface area contributed by atoms with Crippen LogP contribution >= 0.6 is 11.8 Å². The van der Waals surface area contributed by atoms with E-state index in [0.29, 0.717) is 23.4 Å². The van der Waals surface area contributed by atoms with Crippen LogP contribution in [-0.4, -0.2) is 47.2 Å². The number of hydrogen-bond acceptors (Lipinski definition) is 6. The van der Waals surface area contributed by atoms with Crippen LogP contribution in [0.4, 0.5) is 0 Å². The highest BCUT2D eigenvalue weighted by molar-refractivity contribution is 7.99. The molecular formula is C13H19N5O2S2. The van der Waals surface area contributed by atoms with Crippen LogP contribution in [-0.2, 0) is 10.0 Å². The van der Waals surface area contributed by atoms with E-state index in [9.17, 15) is 8.42 Å². The van der Waals surface area contributed by atoms with Gasteiger partial charge in [-0.25, -0.2) is 13.1 Å². The fourth-order valence-electron chi connectivity index (χ4n) is 1.80. The third-order valence-corrected chi connectivity index (χ3v) is 4.59. The van der Waals surface area contributed by atoms with Crippen molar-refractivity contribution in [1.82, 2.24) is 24.9 Å². The van der Waals surface area contributed by atoms with E-state index < -0.39 is 10.0 Å². The number of nitrogens with zero attached hydrogens (tertiary/aromatic N) is 4. The normalized spacial score (nSPS) is 12.0. The molecule has 1 aromatic carbocycles. The summed E-state index contributed by atoms with van der Waals surface area (Å²) in [5.74, 6) is 1.02. The van der Waals surface area contributed by atoms with Gasteiger partial charge in [-0.05, 0) is 34.0 Å². The molecule has 22 heavy (non-hydrogen) atoms. The van der Waals surface area contributed by atoms with E-state index in [4.69, 9.17) is 0 Å². The number of benzene rings is 1. The molecule has 0 saturated carbocycles. The zero-order valence-electron chi connectivity index (χ0n) is 12.7. The Bertz CT molecular complexity index is 710. The summed E-state index contributed by atoms with van der Waals surface area (Å²) in [6.07, 6.45) is 1.14. The van der Waals surface area contributed by atoms with E-state index in [1.807, 2.05) is 12.1 Å². The number of nitrogens with one attached hydrogen (secondary N) is 1. The Morgan fingerprint density at radius 1 is 1.27 bits per heavy atom. The summed E-state index contributed by atoms with van der Waals surface area (Å²) in [5, 5.41) is 12.3. The van der Waals surface area contributed by atoms with Gasteiger partial charge in [-0.1, -0.05) is 37.7 Å². The molecule has 0 bridgehead atoms. The first-order valence-corrected chi connectivity index (χ1v) is 9.70. The van der Waals surface area contributed by atoms with Gasteiger partial charge in [0.25, 0.3) is 0 Å². The van der Waals surface area contributed by atoms with E-state index >= 15 is 0 Å². The van der Waals surface area contributed by atoms with Gasteiger partial charge < -0.3 is 0 Å². The molecule has 120 valence electrons. The lowest BCUT2D eigenvalue weighted by atomic mass is 10.0. The van der Waals surface area contributed by atoms with Crippen molar-refractivity contribution >= 4 is 21.8 Å². The van der Waals surface area contributed by atoms with Crippen LogP contribution in [0.1, 0.15) is 25.3 Å². The average Bonchev–Trinajstić information content (AvgIpc) is 2.91. The lowest BCUT2D eigenvalue weighted by Gasteiger charge is -2.08. The maximum absolute atomic E-state index is 11.0. The molecule has 0 spiro atoms. The summed E-state index contributed by atoms with van der Waals surface area (Å²) < 4.78 is 26.1. The Morgan fingerprint density at radius 3 is 2.55 bits per heavy atom. The van der Waals surface area contributed by atoms with Crippen LogP contribution in [0.5, 0.6) is 0 Å². The van der Waals surface area contributed by atoms with Gasteiger partial charge >= 0.3 is 0 Å². The molecule has 0 radical (unpaired) electrons. The van der Waals surface area contributed by atoms with Gasteiger partial charge in [0.05, 0.1) is 11.9 Å². The Labute approximate surface area is 134 Å². The molecule has 0 aliphatic carbocycles. The summed E-state index contributed by atoms with van der Waals surface area (Å²) in [4.78, 5) is 0. The molecule has 0 aliphatic rings. The largest absolute Gasteiger partial charge is 0.215 e. The smallest absolute Gasteiger partial charge is 0.214 e. The number of tetrazole rings is 1. The van der Waals surface area contributed by atoms with Crippen LogP contribution in [0.25, 0.3) is 5.69 Å². The van der Waals surface area contributed by atoms with Crippen molar-refractivity contribution in [2.75, 3.05) is 18.6 Å². The summed E-state index contributed by atoms with van der Waals surface area (Å²) >= 11 is 1.40. The number of hydrogen-bond donors (Lipinski definition) is 1. The summed E-state index contributed by atoms with van der Waals surface area (Å²) in [6.45, 7) is 4.62. The second-order valence-electron chi connectivity index (χ2n) is 5.13. The fraction of sp³-hybridized carbons (Fsp3) is 0.462. The van der Waals surface area contributed by atoms with Crippen molar-refractivity contribution in [3.05, 3.63) is 29.8 Å². The third-order valence-electron chi connectivity index (χ3n) is 2.94. The third kappa shape index (κ3) is 4.79. The minimum Gasteiger partial charge on any atom is -0.215 e. The second kappa shape index (κ2) is 7.21. The molecule has 1 heterocycles. The van der Waals surface area contributed by atoms with Gasteiger partial charge in [0.1, 0.15) is 0 Å².